The lowest BCUT2D eigenvalue weighted by molar-refractivity contribution is -0.134. The van der Waals surface area contributed by atoms with Crippen molar-refractivity contribution in [2.45, 2.75) is 50.8 Å². The SMILES string of the molecule is CCC(=O)[C@H](CN)NC(=O)[C@@H](NC(=O)C(CCN)c1ccccc1Cl)C(C)O. The summed E-state index contributed by atoms with van der Waals surface area (Å²) in [6, 6.07) is 4.73. The Labute approximate surface area is 170 Å². The second kappa shape index (κ2) is 11.8. The van der Waals surface area contributed by atoms with Crippen LogP contribution in [0.25, 0.3) is 0 Å². The first-order chi connectivity index (χ1) is 13.3. The summed E-state index contributed by atoms with van der Waals surface area (Å²) in [5, 5.41) is 15.4. The maximum atomic E-state index is 12.8. The van der Waals surface area contributed by atoms with Crippen LogP contribution < -0.4 is 22.1 Å². The minimum absolute atomic E-state index is 0.0751. The monoisotopic (exact) mass is 412 g/mol. The Balaban J connectivity index is 2.99. The van der Waals surface area contributed by atoms with Crippen molar-refractivity contribution in [3.05, 3.63) is 34.9 Å². The second-order valence-electron chi connectivity index (χ2n) is 6.50. The van der Waals surface area contributed by atoms with Gasteiger partial charge in [0, 0.05) is 18.0 Å². The van der Waals surface area contributed by atoms with Crippen LogP contribution in [0, 0.1) is 0 Å². The van der Waals surface area contributed by atoms with E-state index in [2.05, 4.69) is 10.6 Å². The first kappa shape index (κ1) is 24.0. The molecule has 7 N–H and O–H groups in total. The van der Waals surface area contributed by atoms with Crippen molar-refractivity contribution in [2.24, 2.45) is 11.5 Å². The van der Waals surface area contributed by atoms with E-state index >= 15 is 0 Å². The molecule has 1 aromatic carbocycles. The van der Waals surface area contributed by atoms with E-state index in [1.807, 2.05) is 0 Å². The number of halogens is 1. The van der Waals surface area contributed by atoms with Gasteiger partial charge in [-0.3, -0.25) is 14.4 Å². The molecule has 0 aliphatic carbocycles. The number of carbonyl (C=O) groups is 3. The third-order valence-corrected chi connectivity index (χ3v) is 4.75. The molecule has 4 atom stereocenters. The van der Waals surface area contributed by atoms with E-state index in [4.69, 9.17) is 23.1 Å². The fourth-order valence-electron chi connectivity index (χ4n) is 2.79. The third kappa shape index (κ3) is 6.56. The van der Waals surface area contributed by atoms with Gasteiger partial charge in [-0.2, -0.15) is 0 Å². The average molecular weight is 413 g/mol. The van der Waals surface area contributed by atoms with Gasteiger partial charge in [0.05, 0.1) is 18.1 Å². The molecule has 0 fully saturated rings. The lowest BCUT2D eigenvalue weighted by Gasteiger charge is -2.26. The molecular weight excluding hydrogens is 384 g/mol. The highest BCUT2D eigenvalue weighted by Crippen LogP contribution is 2.27. The van der Waals surface area contributed by atoms with E-state index in [9.17, 15) is 19.5 Å². The highest BCUT2D eigenvalue weighted by molar-refractivity contribution is 6.31. The number of ketones is 1. The molecule has 156 valence electrons. The third-order valence-electron chi connectivity index (χ3n) is 4.40. The summed E-state index contributed by atoms with van der Waals surface area (Å²) >= 11 is 6.20. The number of hydrogen-bond acceptors (Lipinski definition) is 6. The largest absolute Gasteiger partial charge is 0.391 e. The van der Waals surface area contributed by atoms with Gasteiger partial charge in [-0.15, -0.1) is 0 Å². The number of nitrogens with one attached hydrogen (secondary N) is 2. The van der Waals surface area contributed by atoms with E-state index < -0.39 is 35.9 Å². The quantitative estimate of drug-likeness (QED) is 0.347. The number of carbonyl (C=O) groups excluding carboxylic acids is 3. The minimum Gasteiger partial charge on any atom is -0.391 e. The molecule has 28 heavy (non-hydrogen) atoms. The molecule has 0 aliphatic rings. The smallest absolute Gasteiger partial charge is 0.245 e. The van der Waals surface area contributed by atoms with Crippen molar-refractivity contribution < 1.29 is 19.5 Å². The first-order valence-corrected chi connectivity index (χ1v) is 9.60. The van der Waals surface area contributed by atoms with Crippen molar-refractivity contribution in [3.63, 3.8) is 0 Å². The van der Waals surface area contributed by atoms with E-state index in [1.165, 1.54) is 6.92 Å². The summed E-state index contributed by atoms with van der Waals surface area (Å²) in [6.07, 6.45) is -0.675. The Kier molecular flexibility index (Phi) is 10.1. The predicted octanol–water partition coefficient (Wildman–Crippen LogP) is 0.0606. The van der Waals surface area contributed by atoms with Crippen LogP contribution in [0.5, 0.6) is 0 Å². The highest BCUT2D eigenvalue weighted by Gasteiger charge is 2.31. The van der Waals surface area contributed by atoms with Crippen molar-refractivity contribution in [2.75, 3.05) is 13.1 Å². The molecule has 1 rings (SSSR count). The molecule has 0 heterocycles. The molecule has 0 saturated carbocycles. The summed E-state index contributed by atoms with van der Waals surface area (Å²) in [5.41, 5.74) is 11.8. The van der Waals surface area contributed by atoms with Gasteiger partial charge in [0.15, 0.2) is 5.78 Å². The molecule has 0 aliphatic heterocycles. The average Bonchev–Trinajstić information content (AvgIpc) is 2.67. The topological polar surface area (TPSA) is 148 Å². The zero-order valence-electron chi connectivity index (χ0n) is 16.2. The lowest BCUT2D eigenvalue weighted by atomic mass is 9.94. The molecule has 9 heteroatoms. The van der Waals surface area contributed by atoms with Crippen LogP contribution in [0.2, 0.25) is 5.02 Å². The van der Waals surface area contributed by atoms with Crippen LogP contribution in [0.3, 0.4) is 0 Å². The van der Waals surface area contributed by atoms with Crippen LogP contribution in [0.1, 0.15) is 38.2 Å². The fourth-order valence-corrected chi connectivity index (χ4v) is 3.06. The van der Waals surface area contributed by atoms with Crippen LogP contribution in [-0.2, 0) is 14.4 Å². The number of hydrogen-bond donors (Lipinski definition) is 5. The predicted molar refractivity (Wildman–Crippen MR) is 108 cm³/mol. The van der Waals surface area contributed by atoms with E-state index in [0.29, 0.717) is 17.0 Å². The fraction of sp³-hybridized carbons (Fsp3) is 0.526. The molecule has 0 radical (unpaired) electrons. The Morgan fingerprint density at radius 3 is 2.29 bits per heavy atom. The molecule has 0 aromatic heterocycles. The van der Waals surface area contributed by atoms with Gasteiger partial charge in [0.2, 0.25) is 11.8 Å². The highest BCUT2D eigenvalue weighted by atomic mass is 35.5. The number of rotatable bonds is 11. The minimum atomic E-state index is -1.26. The van der Waals surface area contributed by atoms with Crippen LogP contribution >= 0.6 is 11.6 Å². The van der Waals surface area contributed by atoms with Crippen molar-refractivity contribution in [3.8, 4) is 0 Å². The van der Waals surface area contributed by atoms with Gasteiger partial charge in [0.1, 0.15) is 6.04 Å². The number of Topliss-reactive ketones (excluding diaryl/α,β-unsaturated/α-hetero) is 1. The van der Waals surface area contributed by atoms with E-state index in [-0.39, 0.29) is 25.3 Å². The van der Waals surface area contributed by atoms with Gasteiger partial charge in [-0.1, -0.05) is 36.7 Å². The second-order valence-corrected chi connectivity index (χ2v) is 6.90. The Morgan fingerprint density at radius 1 is 1.14 bits per heavy atom. The normalized spacial score (nSPS) is 15.2. The number of nitrogens with two attached hydrogens (primary N) is 2. The molecule has 2 unspecified atom stereocenters. The molecular formula is C19H29ClN4O4. The van der Waals surface area contributed by atoms with E-state index in [0.717, 1.165) is 0 Å². The van der Waals surface area contributed by atoms with E-state index in [1.54, 1.807) is 31.2 Å². The van der Waals surface area contributed by atoms with Crippen LogP contribution in [0.4, 0.5) is 0 Å². The van der Waals surface area contributed by atoms with Gasteiger partial charge >= 0.3 is 0 Å². The van der Waals surface area contributed by atoms with Gasteiger partial charge in [-0.25, -0.2) is 0 Å². The van der Waals surface area contributed by atoms with Crippen molar-refractivity contribution >= 4 is 29.2 Å². The Hall–Kier alpha value is -2.00. The summed E-state index contributed by atoms with van der Waals surface area (Å²) in [6.45, 7) is 3.19. The molecule has 0 spiro atoms. The first-order valence-electron chi connectivity index (χ1n) is 9.22. The Morgan fingerprint density at radius 2 is 1.79 bits per heavy atom. The standard InChI is InChI=1S/C19H29ClN4O4/c1-3-16(26)15(10-22)23-19(28)17(11(2)25)24-18(27)13(8-9-21)12-6-4-5-7-14(12)20/h4-7,11,13,15,17,25H,3,8-10,21-22H2,1-2H3,(H,23,28)(H,24,27)/t11?,13?,15-,17-/m0/s1. The molecule has 0 bridgehead atoms. The van der Waals surface area contributed by atoms with Gasteiger partial charge < -0.3 is 27.2 Å². The van der Waals surface area contributed by atoms with Crippen molar-refractivity contribution in [1.82, 2.24) is 10.6 Å². The number of amides is 2. The number of benzene rings is 1. The number of aliphatic hydroxyl groups excluding tert-OH is 1. The zero-order chi connectivity index (χ0) is 21.3. The summed E-state index contributed by atoms with van der Waals surface area (Å²) in [7, 11) is 0. The Bertz CT molecular complexity index is 684. The summed E-state index contributed by atoms with van der Waals surface area (Å²) in [4.78, 5) is 37.2. The number of aliphatic hydroxyl groups is 1. The molecule has 2 amide bonds. The van der Waals surface area contributed by atoms with Crippen LogP contribution in [0.15, 0.2) is 24.3 Å². The van der Waals surface area contributed by atoms with Gasteiger partial charge in [0.25, 0.3) is 0 Å². The maximum Gasteiger partial charge on any atom is 0.245 e. The summed E-state index contributed by atoms with van der Waals surface area (Å²) in [5.74, 6) is -2.10. The van der Waals surface area contributed by atoms with Crippen molar-refractivity contribution in [1.29, 1.82) is 0 Å². The zero-order valence-corrected chi connectivity index (χ0v) is 16.9. The molecule has 1 aromatic rings. The van der Waals surface area contributed by atoms with Gasteiger partial charge in [-0.05, 0) is 31.5 Å². The maximum absolute atomic E-state index is 12.8. The van der Waals surface area contributed by atoms with Crippen LogP contribution in [-0.4, -0.2) is 54.0 Å². The lowest BCUT2D eigenvalue weighted by Crippen LogP contribution is -2.57. The molecule has 0 saturated heterocycles. The molecule has 8 nitrogen and oxygen atoms in total. The summed E-state index contributed by atoms with van der Waals surface area (Å²) < 4.78 is 0.